The average Bonchev–Trinajstić information content (AvgIpc) is 3.00. The van der Waals surface area contributed by atoms with Crippen LogP contribution in [0.2, 0.25) is 0 Å². The van der Waals surface area contributed by atoms with E-state index in [9.17, 15) is 18.9 Å². The van der Waals surface area contributed by atoms with E-state index in [0.717, 1.165) is 12.8 Å². The Kier molecular flexibility index (Phi) is 2.89. The lowest BCUT2D eigenvalue weighted by atomic mass is 9.72. The van der Waals surface area contributed by atoms with E-state index in [0.29, 0.717) is 0 Å². The summed E-state index contributed by atoms with van der Waals surface area (Å²) in [6, 6.07) is -1.51. The summed E-state index contributed by atoms with van der Waals surface area (Å²) in [6.45, 7) is 0. The van der Waals surface area contributed by atoms with Crippen LogP contribution in [0.25, 0.3) is 0 Å². The van der Waals surface area contributed by atoms with Gasteiger partial charge in [-0.15, -0.1) is 0 Å². The molecule has 0 aromatic carbocycles. The number of hydrogen-bond donors (Lipinski definition) is 1. The highest BCUT2D eigenvalue weighted by Gasteiger charge is 2.56. The van der Waals surface area contributed by atoms with Gasteiger partial charge in [-0.25, -0.2) is 8.78 Å². The fraction of sp³-hybridized carbons (Fsp3) is 0.636. The summed E-state index contributed by atoms with van der Waals surface area (Å²) in [5.74, 6) is 0.169. The van der Waals surface area contributed by atoms with E-state index < -0.39 is 22.8 Å². The third-order valence-corrected chi connectivity index (χ3v) is 3.48. The van der Waals surface area contributed by atoms with Crippen molar-refractivity contribution in [1.29, 1.82) is 0 Å². The molecular formula is C11H14F2N2O2. The molecule has 0 spiro atoms. The first-order valence-corrected chi connectivity index (χ1v) is 5.54. The monoisotopic (exact) mass is 244 g/mol. The summed E-state index contributed by atoms with van der Waals surface area (Å²) < 4.78 is 26.6. The number of allylic oxidation sites excluding steroid dienone is 2. The fourth-order valence-corrected chi connectivity index (χ4v) is 2.43. The molecule has 1 saturated carbocycles. The van der Waals surface area contributed by atoms with Crippen molar-refractivity contribution in [3.63, 3.8) is 0 Å². The lowest BCUT2D eigenvalue weighted by Crippen LogP contribution is -2.49. The highest BCUT2D eigenvalue weighted by Crippen LogP contribution is 2.49. The van der Waals surface area contributed by atoms with Crippen LogP contribution in [-0.4, -0.2) is 17.4 Å². The lowest BCUT2D eigenvalue weighted by molar-refractivity contribution is -0.533. The van der Waals surface area contributed by atoms with Crippen molar-refractivity contribution < 1.29 is 13.7 Å². The Balaban J connectivity index is 2.37. The van der Waals surface area contributed by atoms with Crippen LogP contribution in [0.3, 0.4) is 0 Å². The number of nitro groups is 1. The van der Waals surface area contributed by atoms with Gasteiger partial charge in [-0.3, -0.25) is 10.1 Å². The van der Waals surface area contributed by atoms with Gasteiger partial charge in [0.25, 0.3) is 12.5 Å². The molecule has 0 amide bonds. The molecule has 2 aliphatic rings. The van der Waals surface area contributed by atoms with Gasteiger partial charge in [0.15, 0.2) is 0 Å². The number of halogens is 2. The Morgan fingerprint density at radius 2 is 2.24 bits per heavy atom. The Hall–Kier alpha value is -1.46. The van der Waals surface area contributed by atoms with Crippen LogP contribution in [0.15, 0.2) is 23.9 Å². The summed E-state index contributed by atoms with van der Waals surface area (Å²) in [6.07, 6.45) is 3.11. The molecule has 4 nitrogen and oxygen atoms in total. The normalized spacial score (nSPS) is 32.6. The fourth-order valence-electron chi connectivity index (χ4n) is 2.43. The van der Waals surface area contributed by atoms with E-state index in [1.807, 2.05) is 0 Å². The zero-order valence-corrected chi connectivity index (χ0v) is 9.18. The maximum absolute atomic E-state index is 13.3. The smallest absolute Gasteiger partial charge is 0.266 e. The largest absolute Gasteiger partial charge is 0.396 e. The molecule has 2 N–H and O–H groups in total. The van der Waals surface area contributed by atoms with E-state index in [2.05, 4.69) is 0 Å². The summed E-state index contributed by atoms with van der Waals surface area (Å²) in [5.41, 5.74) is 3.71. The van der Waals surface area contributed by atoms with Crippen LogP contribution < -0.4 is 5.73 Å². The SMILES string of the molecule is NC1=CC=CC(CC2CC2)(C(F)F)C1[N+](=O)[O-]. The molecule has 0 saturated heterocycles. The van der Waals surface area contributed by atoms with Gasteiger partial charge in [0.1, 0.15) is 5.41 Å². The number of alkyl halides is 2. The van der Waals surface area contributed by atoms with E-state index >= 15 is 0 Å². The lowest BCUT2D eigenvalue weighted by Gasteiger charge is -2.34. The van der Waals surface area contributed by atoms with Crippen molar-refractivity contribution in [2.75, 3.05) is 0 Å². The van der Waals surface area contributed by atoms with Gasteiger partial charge in [-0.05, 0) is 18.4 Å². The third kappa shape index (κ3) is 2.03. The molecule has 0 aliphatic heterocycles. The van der Waals surface area contributed by atoms with Gasteiger partial charge in [0.2, 0.25) is 0 Å². The van der Waals surface area contributed by atoms with E-state index in [4.69, 9.17) is 5.73 Å². The van der Waals surface area contributed by atoms with Crippen molar-refractivity contribution >= 4 is 0 Å². The van der Waals surface area contributed by atoms with Crippen molar-refractivity contribution in [1.82, 2.24) is 0 Å². The minimum atomic E-state index is -2.78. The highest BCUT2D eigenvalue weighted by atomic mass is 19.3. The zero-order chi connectivity index (χ0) is 12.6. The molecule has 2 unspecified atom stereocenters. The highest BCUT2D eigenvalue weighted by molar-refractivity contribution is 5.28. The Morgan fingerprint density at radius 1 is 1.59 bits per heavy atom. The number of rotatable bonds is 4. The van der Waals surface area contributed by atoms with Crippen LogP contribution in [0, 0.1) is 21.4 Å². The summed E-state index contributed by atoms with van der Waals surface area (Å²) in [4.78, 5) is 10.3. The van der Waals surface area contributed by atoms with Crippen molar-refractivity contribution in [2.45, 2.75) is 31.7 Å². The molecule has 0 aromatic rings. The van der Waals surface area contributed by atoms with Crippen LogP contribution in [0.5, 0.6) is 0 Å². The quantitative estimate of drug-likeness (QED) is 0.608. The number of nitrogens with zero attached hydrogens (tertiary/aromatic N) is 1. The summed E-state index contributed by atoms with van der Waals surface area (Å²) in [7, 11) is 0. The standard InChI is InChI=1S/C11H14F2N2O2/c12-10(13)11(6-7-3-4-7)5-1-2-8(14)9(11)15(16)17/h1-2,5,7,9-10H,3-4,6,14H2. The molecule has 6 heteroatoms. The minimum Gasteiger partial charge on any atom is -0.396 e. The predicted octanol–water partition coefficient (Wildman–Crippen LogP) is 2.10. The van der Waals surface area contributed by atoms with Crippen molar-refractivity contribution in [3.8, 4) is 0 Å². The van der Waals surface area contributed by atoms with Crippen LogP contribution >= 0.6 is 0 Å². The predicted molar refractivity (Wildman–Crippen MR) is 58.0 cm³/mol. The van der Waals surface area contributed by atoms with E-state index in [1.165, 1.54) is 18.2 Å². The van der Waals surface area contributed by atoms with Crippen molar-refractivity contribution in [2.24, 2.45) is 17.1 Å². The molecule has 0 bridgehead atoms. The van der Waals surface area contributed by atoms with Gasteiger partial charge < -0.3 is 5.73 Å². The van der Waals surface area contributed by atoms with Crippen LogP contribution in [0.1, 0.15) is 19.3 Å². The molecule has 2 rings (SSSR count). The van der Waals surface area contributed by atoms with Gasteiger partial charge >= 0.3 is 0 Å². The zero-order valence-electron chi connectivity index (χ0n) is 9.18. The average molecular weight is 244 g/mol. The molecule has 2 atom stereocenters. The molecule has 0 heterocycles. The molecule has 0 radical (unpaired) electrons. The molecule has 0 aromatic heterocycles. The van der Waals surface area contributed by atoms with Gasteiger partial charge in [-0.2, -0.15) is 0 Å². The Morgan fingerprint density at radius 3 is 2.71 bits per heavy atom. The Bertz CT molecular complexity index is 391. The molecule has 1 fully saturated rings. The first-order valence-electron chi connectivity index (χ1n) is 5.54. The molecule has 17 heavy (non-hydrogen) atoms. The first kappa shape index (κ1) is 12.0. The molecule has 94 valence electrons. The molecular weight excluding hydrogens is 230 g/mol. The van der Waals surface area contributed by atoms with Crippen LogP contribution in [-0.2, 0) is 0 Å². The van der Waals surface area contributed by atoms with E-state index in [-0.39, 0.29) is 18.0 Å². The maximum atomic E-state index is 13.3. The second-order valence-corrected chi connectivity index (χ2v) is 4.77. The van der Waals surface area contributed by atoms with Gasteiger partial charge in [-0.1, -0.05) is 25.0 Å². The van der Waals surface area contributed by atoms with Gasteiger partial charge in [0.05, 0.1) is 5.70 Å². The second-order valence-electron chi connectivity index (χ2n) is 4.77. The molecule has 2 aliphatic carbocycles. The first-order chi connectivity index (χ1) is 7.97. The van der Waals surface area contributed by atoms with Gasteiger partial charge in [0, 0.05) is 4.92 Å². The Labute approximate surface area is 97.3 Å². The number of hydrogen-bond acceptors (Lipinski definition) is 3. The van der Waals surface area contributed by atoms with E-state index in [1.54, 1.807) is 0 Å². The van der Waals surface area contributed by atoms with Crippen LogP contribution in [0.4, 0.5) is 8.78 Å². The minimum absolute atomic E-state index is 0.0848. The third-order valence-electron chi connectivity index (χ3n) is 3.48. The van der Waals surface area contributed by atoms with Crippen molar-refractivity contribution in [3.05, 3.63) is 34.0 Å². The second kappa shape index (κ2) is 4.09. The number of nitrogens with two attached hydrogens (primary N) is 1. The topological polar surface area (TPSA) is 69.2 Å². The maximum Gasteiger partial charge on any atom is 0.266 e. The summed E-state index contributed by atoms with van der Waals surface area (Å²) >= 11 is 0. The summed E-state index contributed by atoms with van der Waals surface area (Å²) in [5, 5.41) is 11.0.